The molecule has 0 aromatic carbocycles. The minimum Gasteiger partial charge on any atom is -0.295 e. The van der Waals surface area contributed by atoms with Crippen molar-refractivity contribution in [3.05, 3.63) is 35.2 Å². The highest BCUT2D eigenvalue weighted by Gasteiger charge is 2.03. The van der Waals surface area contributed by atoms with E-state index < -0.39 is 0 Å². The predicted molar refractivity (Wildman–Crippen MR) is 50.2 cm³/mol. The van der Waals surface area contributed by atoms with Crippen molar-refractivity contribution in [1.29, 1.82) is 0 Å². The Bertz CT molecular complexity index is 475. The standard InChI is InChI=1S/C9H7ClN2O/c1-6(13)7-2-3-12-8(10)5-11-9(12)4-7/h2-5H,1H3. The quantitative estimate of drug-likeness (QED) is 0.653. The van der Waals surface area contributed by atoms with Crippen LogP contribution in [0.5, 0.6) is 0 Å². The Balaban J connectivity index is 2.70. The summed E-state index contributed by atoms with van der Waals surface area (Å²) in [4.78, 5) is 15.1. The van der Waals surface area contributed by atoms with Gasteiger partial charge in [-0.2, -0.15) is 0 Å². The lowest BCUT2D eigenvalue weighted by Gasteiger charge is -1.97. The summed E-state index contributed by atoms with van der Waals surface area (Å²) < 4.78 is 1.72. The van der Waals surface area contributed by atoms with Crippen molar-refractivity contribution >= 4 is 23.0 Å². The second-order valence-electron chi connectivity index (χ2n) is 2.78. The molecule has 0 aliphatic rings. The van der Waals surface area contributed by atoms with Crippen molar-refractivity contribution in [2.45, 2.75) is 6.92 Å². The molecule has 4 heteroatoms. The SMILES string of the molecule is CC(=O)c1ccn2c(Cl)cnc2c1. The lowest BCUT2D eigenvalue weighted by Crippen LogP contribution is -1.94. The smallest absolute Gasteiger partial charge is 0.159 e. The van der Waals surface area contributed by atoms with Crippen LogP contribution in [-0.2, 0) is 0 Å². The number of ketones is 1. The first-order valence-electron chi connectivity index (χ1n) is 3.82. The third-order valence-corrected chi connectivity index (χ3v) is 2.15. The molecule has 2 rings (SSSR count). The molecule has 2 heterocycles. The Morgan fingerprint density at radius 3 is 3.08 bits per heavy atom. The molecule has 0 N–H and O–H groups in total. The number of imidazole rings is 1. The lowest BCUT2D eigenvalue weighted by atomic mass is 10.2. The van der Waals surface area contributed by atoms with E-state index in [9.17, 15) is 4.79 Å². The van der Waals surface area contributed by atoms with Gasteiger partial charge in [-0.05, 0) is 19.1 Å². The molecular formula is C9H7ClN2O. The van der Waals surface area contributed by atoms with Crippen molar-refractivity contribution in [3.8, 4) is 0 Å². The first kappa shape index (κ1) is 8.26. The molecule has 0 aliphatic heterocycles. The minimum atomic E-state index is 0.0293. The van der Waals surface area contributed by atoms with Crippen molar-refractivity contribution in [1.82, 2.24) is 9.38 Å². The number of pyridine rings is 1. The van der Waals surface area contributed by atoms with Crippen molar-refractivity contribution in [3.63, 3.8) is 0 Å². The number of carbonyl (C=O) groups is 1. The van der Waals surface area contributed by atoms with Gasteiger partial charge in [0.05, 0.1) is 6.20 Å². The van der Waals surface area contributed by atoms with Gasteiger partial charge in [-0.3, -0.25) is 9.20 Å². The molecule has 0 saturated heterocycles. The Kier molecular flexibility index (Phi) is 1.81. The summed E-state index contributed by atoms with van der Waals surface area (Å²) in [7, 11) is 0. The number of fused-ring (bicyclic) bond motifs is 1. The van der Waals surface area contributed by atoms with E-state index in [1.165, 1.54) is 6.92 Å². The Morgan fingerprint density at radius 2 is 2.38 bits per heavy atom. The average Bonchev–Trinajstić information content (AvgIpc) is 2.47. The lowest BCUT2D eigenvalue weighted by molar-refractivity contribution is 0.101. The number of nitrogens with zero attached hydrogens (tertiary/aromatic N) is 2. The van der Waals surface area contributed by atoms with Crippen LogP contribution in [-0.4, -0.2) is 15.2 Å². The summed E-state index contributed by atoms with van der Waals surface area (Å²) >= 11 is 5.82. The van der Waals surface area contributed by atoms with Gasteiger partial charge in [0.25, 0.3) is 0 Å². The fourth-order valence-corrected chi connectivity index (χ4v) is 1.36. The molecule has 0 atom stereocenters. The second kappa shape index (κ2) is 2.85. The molecular weight excluding hydrogens is 188 g/mol. The third kappa shape index (κ3) is 1.31. The molecule has 0 amide bonds. The van der Waals surface area contributed by atoms with Crippen molar-refractivity contribution in [2.75, 3.05) is 0 Å². The predicted octanol–water partition coefficient (Wildman–Crippen LogP) is 2.19. The van der Waals surface area contributed by atoms with E-state index in [4.69, 9.17) is 11.6 Å². The summed E-state index contributed by atoms with van der Waals surface area (Å²) in [6.07, 6.45) is 3.29. The molecule has 0 saturated carbocycles. The highest BCUT2D eigenvalue weighted by Crippen LogP contribution is 2.13. The first-order chi connectivity index (χ1) is 6.18. The summed E-state index contributed by atoms with van der Waals surface area (Å²) in [5.41, 5.74) is 1.34. The van der Waals surface area contributed by atoms with Crippen LogP contribution in [0, 0.1) is 0 Å². The third-order valence-electron chi connectivity index (χ3n) is 1.87. The van der Waals surface area contributed by atoms with Crippen LogP contribution < -0.4 is 0 Å². The van der Waals surface area contributed by atoms with Gasteiger partial charge in [0.1, 0.15) is 10.8 Å². The van der Waals surface area contributed by atoms with E-state index in [0.29, 0.717) is 16.4 Å². The Labute approximate surface area is 80.0 Å². The molecule has 0 bridgehead atoms. The van der Waals surface area contributed by atoms with Gasteiger partial charge in [0, 0.05) is 11.8 Å². The molecule has 0 unspecified atom stereocenters. The molecule has 2 aromatic heterocycles. The highest BCUT2D eigenvalue weighted by atomic mass is 35.5. The maximum atomic E-state index is 11.0. The van der Waals surface area contributed by atoms with Gasteiger partial charge in [-0.1, -0.05) is 11.6 Å². The van der Waals surface area contributed by atoms with E-state index in [0.717, 1.165) is 0 Å². The fourth-order valence-electron chi connectivity index (χ4n) is 1.17. The van der Waals surface area contributed by atoms with Crippen LogP contribution in [0.2, 0.25) is 5.15 Å². The molecule has 66 valence electrons. The number of hydrogen-bond acceptors (Lipinski definition) is 2. The van der Waals surface area contributed by atoms with E-state index in [-0.39, 0.29) is 5.78 Å². The number of rotatable bonds is 1. The molecule has 3 nitrogen and oxygen atoms in total. The summed E-state index contributed by atoms with van der Waals surface area (Å²) in [6, 6.07) is 3.44. The van der Waals surface area contributed by atoms with Gasteiger partial charge < -0.3 is 0 Å². The number of Topliss-reactive ketones (excluding diaryl/α,β-unsaturated/α-hetero) is 1. The van der Waals surface area contributed by atoms with Crippen LogP contribution in [0.4, 0.5) is 0 Å². The zero-order valence-corrected chi connectivity index (χ0v) is 7.75. The van der Waals surface area contributed by atoms with Gasteiger partial charge in [-0.25, -0.2) is 4.98 Å². The van der Waals surface area contributed by atoms with E-state index in [1.54, 1.807) is 28.9 Å². The van der Waals surface area contributed by atoms with Crippen LogP contribution in [0.3, 0.4) is 0 Å². The van der Waals surface area contributed by atoms with E-state index >= 15 is 0 Å². The molecule has 0 radical (unpaired) electrons. The largest absolute Gasteiger partial charge is 0.295 e. The topological polar surface area (TPSA) is 34.4 Å². The summed E-state index contributed by atoms with van der Waals surface area (Å²) in [5.74, 6) is 0.0293. The summed E-state index contributed by atoms with van der Waals surface area (Å²) in [6.45, 7) is 1.52. The maximum absolute atomic E-state index is 11.0. The normalized spacial score (nSPS) is 10.6. The average molecular weight is 195 g/mol. The zero-order valence-electron chi connectivity index (χ0n) is 6.99. The van der Waals surface area contributed by atoms with Gasteiger partial charge >= 0.3 is 0 Å². The molecule has 13 heavy (non-hydrogen) atoms. The van der Waals surface area contributed by atoms with Gasteiger partial charge in [0.2, 0.25) is 0 Å². The van der Waals surface area contributed by atoms with Crippen LogP contribution >= 0.6 is 11.6 Å². The number of aromatic nitrogens is 2. The zero-order chi connectivity index (χ0) is 9.42. The van der Waals surface area contributed by atoms with Crippen LogP contribution in [0.25, 0.3) is 5.65 Å². The molecule has 0 aliphatic carbocycles. The second-order valence-corrected chi connectivity index (χ2v) is 3.17. The van der Waals surface area contributed by atoms with Crippen molar-refractivity contribution in [2.24, 2.45) is 0 Å². The molecule has 2 aromatic rings. The minimum absolute atomic E-state index is 0.0293. The van der Waals surface area contributed by atoms with Crippen LogP contribution in [0.15, 0.2) is 24.5 Å². The van der Waals surface area contributed by atoms with E-state index in [1.807, 2.05) is 0 Å². The van der Waals surface area contributed by atoms with E-state index in [2.05, 4.69) is 4.98 Å². The number of hydrogen-bond donors (Lipinski definition) is 0. The van der Waals surface area contributed by atoms with Crippen LogP contribution in [0.1, 0.15) is 17.3 Å². The molecule has 0 fully saturated rings. The molecule has 0 spiro atoms. The van der Waals surface area contributed by atoms with Gasteiger partial charge in [0.15, 0.2) is 5.78 Å². The number of carbonyl (C=O) groups excluding carboxylic acids is 1. The monoisotopic (exact) mass is 194 g/mol. The van der Waals surface area contributed by atoms with Gasteiger partial charge in [-0.15, -0.1) is 0 Å². The Morgan fingerprint density at radius 1 is 1.62 bits per heavy atom. The Hall–Kier alpha value is -1.35. The highest BCUT2D eigenvalue weighted by molar-refractivity contribution is 6.29. The number of halogens is 1. The fraction of sp³-hybridized carbons (Fsp3) is 0.111. The summed E-state index contributed by atoms with van der Waals surface area (Å²) in [5, 5.41) is 0.546. The van der Waals surface area contributed by atoms with Crippen molar-refractivity contribution < 1.29 is 4.79 Å². The maximum Gasteiger partial charge on any atom is 0.159 e. The first-order valence-corrected chi connectivity index (χ1v) is 4.20.